The minimum Gasteiger partial charge on any atom is -0.267 e. The highest BCUT2D eigenvalue weighted by atomic mass is 35.5. The molecule has 4 aromatic rings. The molecule has 0 unspecified atom stereocenters. The molecule has 4 rings (SSSR count). The fourth-order valence-electron chi connectivity index (χ4n) is 2.31. The van der Waals surface area contributed by atoms with Gasteiger partial charge < -0.3 is 0 Å². The monoisotopic (exact) mass is 366 g/mol. The van der Waals surface area contributed by atoms with Gasteiger partial charge in [-0.1, -0.05) is 47.2 Å². The first kappa shape index (κ1) is 15.7. The second-order valence-electron chi connectivity index (χ2n) is 5.25. The first-order chi connectivity index (χ1) is 12.2. The van der Waals surface area contributed by atoms with E-state index in [9.17, 15) is 4.79 Å². The third-order valence-electron chi connectivity index (χ3n) is 3.47. The van der Waals surface area contributed by atoms with Crippen LogP contribution in [0.25, 0.3) is 27.7 Å². The van der Waals surface area contributed by atoms with Gasteiger partial charge in [0.05, 0.1) is 5.69 Å². The quantitative estimate of drug-likeness (QED) is 0.549. The number of halogens is 1. The summed E-state index contributed by atoms with van der Waals surface area (Å²) in [7, 11) is 0. The maximum Gasteiger partial charge on any atom is 0.275 e. The lowest BCUT2D eigenvalue weighted by Gasteiger charge is -1.94. The van der Waals surface area contributed by atoms with Gasteiger partial charge in [0.2, 0.25) is 4.96 Å². The Morgan fingerprint density at radius 2 is 2.04 bits per heavy atom. The predicted molar refractivity (Wildman–Crippen MR) is 101 cm³/mol. The van der Waals surface area contributed by atoms with Crippen LogP contribution in [0.1, 0.15) is 11.3 Å². The van der Waals surface area contributed by atoms with Gasteiger partial charge >= 0.3 is 0 Å². The molecule has 0 atom stereocenters. The number of hydrogen-bond donors (Lipinski definition) is 0. The summed E-state index contributed by atoms with van der Waals surface area (Å²) in [6.45, 7) is 0. The molecular formula is C18H11ClN4OS. The highest BCUT2D eigenvalue weighted by Crippen LogP contribution is 2.26. The summed E-state index contributed by atoms with van der Waals surface area (Å²) >= 11 is 7.37. The molecule has 0 bridgehead atoms. The van der Waals surface area contributed by atoms with Crippen molar-refractivity contribution >= 4 is 40.1 Å². The zero-order chi connectivity index (χ0) is 17.2. The third-order valence-corrected chi connectivity index (χ3v) is 4.66. The van der Waals surface area contributed by atoms with Crippen molar-refractivity contribution in [3.8, 4) is 10.6 Å². The second kappa shape index (κ2) is 6.58. The van der Waals surface area contributed by atoms with Crippen LogP contribution < -0.4 is 5.56 Å². The van der Waals surface area contributed by atoms with Crippen LogP contribution in [0, 0.1) is 0 Å². The van der Waals surface area contributed by atoms with Gasteiger partial charge in [0.15, 0.2) is 0 Å². The Hall–Kier alpha value is -2.83. The van der Waals surface area contributed by atoms with Crippen molar-refractivity contribution in [1.29, 1.82) is 0 Å². The van der Waals surface area contributed by atoms with Crippen LogP contribution in [0.4, 0.5) is 0 Å². The zero-order valence-corrected chi connectivity index (χ0v) is 14.4. The standard InChI is InChI=1S/C18H11ClN4OS/c19-14-5-1-4-13(9-14)17-22-23-16(24)10-15(21-18(23)25-17)7-6-12-3-2-8-20-11-12/h1-11H. The van der Waals surface area contributed by atoms with Crippen molar-refractivity contribution in [2.45, 2.75) is 0 Å². The fourth-order valence-corrected chi connectivity index (χ4v) is 3.41. The third kappa shape index (κ3) is 3.35. The van der Waals surface area contributed by atoms with E-state index in [1.165, 1.54) is 21.9 Å². The van der Waals surface area contributed by atoms with Crippen molar-refractivity contribution in [2.24, 2.45) is 0 Å². The Morgan fingerprint density at radius 1 is 1.12 bits per heavy atom. The summed E-state index contributed by atoms with van der Waals surface area (Å²) in [4.78, 5) is 21.4. The van der Waals surface area contributed by atoms with Crippen molar-refractivity contribution in [1.82, 2.24) is 19.6 Å². The minimum absolute atomic E-state index is 0.222. The Bertz CT molecular complexity index is 1130. The summed E-state index contributed by atoms with van der Waals surface area (Å²) in [5.74, 6) is 0. The highest BCUT2D eigenvalue weighted by Gasteiger charge is 2.10. The molecule has 3 heterocycles. The zero-order valence-electron chi connectivity index (χ0n) is 12.8. The molecule has 122 valence electrons. The molecule has 7 heteroatoms. The van der Waals surface area contributed by atoms with Gasteiger partial charge in [-0.15, -0.1) is 0 Å². The summed E-state index contributed by atoms with van der Waals surface area (Å²) < 4.78 is 1.31. The van der Waals surface area contributed by atoms with Crippen molar-refractivity contribution < 1.29 is 0 Å². The number of benzene rings is 1. The number of aromatic nitrogens is 4. The Labute approximate surface area is 151 Å². The van der Waals surface area contributed by atoms with Crippen molar-refractivity contribution in [3.63, 3.8) is 0 Å². The average Bonchev–Trinajstić information content (AvgIpc) is 3.06. The molecule has 0 spiro atoms. The molecule has 0 aliphatic carbocycles. The first-order valence-corrected chi connectivity index (χ1v) is 8.63. The lowest BCUT2D eigenvalue weighted by atomic mass is 10.2. The summed E-state index contributed by atoms with van der Waals surface area (Å²) in [6, 6.07) is 12.6. The Kier molecular flexibility index (Phi) is 4.13. The van der Waals surface area contributed by atoms with E-state index < -0.39 is 0 Å². The molecule has 5 nitrogen and oxygen atoms in total. The van der Waals surface area contributed by atoms with Crippen LogP contribution in [0.2, 0.25) is 5.02 Å². The second-order valence-corrected chi connectivity index (χ2v) is 6.64. The maximum atomic E-state index is 12.3. The number of rotatable bonds is 3. The molecule has 0 N–H and O–H groups in total. The summed E-state index contributed by atoms with van der Waals surface area (Å²) in [6.07, 6.45) is 7.11. The summed E-state index contributed by atoms with van der Waals surface area (Å²) in [5.41, 5.74) is 2.15. The predicted octanol–water partition coefficient (Wildman–Crippen LogP) is 4.04. The fraction of sp³-hybridized carbons (Fsp3) is 0. The van der Waals surface area contributed by atoms with Gasteiger partial charge in [0.1, 0.15) is 5.01 Å². The lowest BCUT2D eigenvalue weighted by molar-refractivity contribution is 0.901. The molecule has 3 aromatic heterocycles. The number of fused-ring (bicyclic) bond motifs is 1. The van der Waals surface area contributed by atoms with Crippen LogP contribution in [-0.2, 0) is 0 Å². The minimum atomic E-state index is -0.222. The summed E-state index contributed by atoms with van der Waals surface area (Å²) in [5, 5.41) is 5.67. The van der Waals surface area contributed by atoms with Gasteiger partial charge in [-0.05, 0) is 29.8 Å². The van der Waals surface area contributed by atoms with Crippen LogP contribution in [0.15, 0.2) is 59.7 Å². The smallest absolute Gasteiger partial charge is 0.267 e. The van der Waals surface area contributed by atoms with E-state index >= 15 is 0 Å². The maximum absolute atomic E-state index is 12.3. The highest BCUT2D eigenvalue weighted by molar-refractivity contribution is 7.19. The number of hydrogen-bond acceptors (Lipinski definition) is 5. The molecule has 0 aliphatic heterocycles. The van der Waals surface area contributed by atoms with Crippen LogP contribution in [-0.4, -0.2) is 19.6 Å². The van der Waals surface area contributed by atoms with Crippen LogP contribution in [0.3, 0.4) is 0 Å². The lowest BCUT2D eigenvalue weighted by Crippen LogP contribution is -2.14. The SMILES string of the molecule is O=c1cc(C=Cc2cccnc2)nc2sc(-c3cccc(Cl)c3)nn12. The van der Waals surface area contributed by atoms with E-state index in [0.717, 1.165) is 11.1 Å². The van der Waals surface area contributed by atoms with Gasteiger partial charge in [0, 0.05) is 29.0 Å². The van der Waals surface area contributed by atoms with Gasteiger partial charge in [0.25, 0.3) is 5.56 Å². The van der Waals surface area contributed by atoms with E-state index in [1.807, 2.05) is 36.4 Å². The largest absolute Gasteiger partial charge is 0.275 e. The normalized spacial score (nSPS) is 11.4. The van der Waals surface area contributed by atoms with E-state index in [0.29, 0.717) is 20.7 Å². The molecule has 25 heavy (non-hydrogen) atoms. The molecule has 0 saturated heterocycles. The Morgan fingerprint density at radius 3 is 2.84 bits per heavy atom. The molecule has 0 fully saturated rings. The number of nitrogens with zero attached hydrogens (tertiary/aromatic N) is 4. The van der Waals surface area contributed by atoms with E-state index in [-0.39, 0.29) is 5.56 Å². The van der Waals surface area contributed by atoms with Crippen LogP contribution in [0.5, 0.6) is 0 Å². The van der Waals surface area contributed by atoms with E-state index in [2.05, 4.69) is 15.1 Å². The number of pyridine rings is 1. The van der Waals surface area contributed by atoms with Gasteiger partial charge in [-0.2, -0.15) is 9.61 Å². The average molecular weight is 367 g/mol. The van der Waals surface area contributed by atoms with Crippen molar-refractivity contribution in [2.75, 3.05) is 0 Å². The van der Waals surface area contributed by atoms with Crippen molar-refractivity contribution in [3.05, 3.63) is 81.5 Å². The first-order valence-electron chi connectivity index (χ1n) is 7.44. The van der Waals surface area contributed by atoms with E-state index in [1.54, 1.807) is 24.5 Å². The van der Waals surface area contributed by atoms with Gasteiger partial charge in [-0.25, -0.2) is 4.98 Å². The molecule has 0 radical (unpaired) electrons. The molecular weight excluding hydrogens is 356 g/mol. The molecule has 0 aliphatic rings. The molecule has 0 amide bonds. The molecule has 0 saturated carbocycles. The molecule has 1 aromatic carbocycles. The topological polar surface area (TPSA) is 60.2 Å². The van der Waals surface area contributed by atoms with E-state index in [4.69, 9.17) is 11.6 Å². The Balaban J connectivity index is 1.75. The van der Waals surface area contributed by atoms with Crippen LogP contribution >= 0.6 is 22.9 Å². The van der Waals surface area contributed by atoms with Gasteiger partial charge in [-0.3, -0.25) is 9.78 Å².